The predicted octanol–water partition coefficient (Wildman–Crippen LogP) is 1.52. The monoisotopic (exact) mass is 301 g/mol. The van der Waals surface area contributed by atoms with Crippen molar-refractivity contribution in [2.45, 2.75) is 50.6 Å². The third-order valence-corrected chi connectivity index (χ3v) is 5.81. The number of nitrogens with one attached hydrogen (secondary N) is 1. The van der Waals surface area contributed by atoms with E-state index in [4.69, 9.17) is 5.73 Å². The molecule has 22 heavy (non-hydrogen) atoms. The van der Waals surface area contributed by atoms with E-state index < -0.39 is 0 Å². The van der Waals surface area contributed by atoms with Crippen LogP contribution in [0.1, 0.15) is 38.5 Å². The van der Waals surface area contributed by atoms with Crippen molar-refractivity contribution >= 4 is 11.6 Å². The van der Waals surface area contributed by atoms with Crippen LogP contribution in [0.25, 0.3) is 0 Å². The second kappa shape index (κ2) is 4.86. The number of rotatable bonds is 3. The molecule has 118 valence electrons. The maximum Gasteiger partial charge on any atom is 0.274 e. The quantitative estimate of drug-likeness (QED) is 0.888. The molecular weight excluding hydrogens is 278 g/mol. The largest absolute Gasteiger partial charge is 0.394 e. The number of aromatic nitrogens is 1. The molecule has 5 nitrogen and oxygen atoms in total. The third kappa shape index (κ3) is 2.32. The fourth-order valence-corrected chi connectivity index (χ4v) is 5.43. The van der Waals surface area contributed by atoms with Crippen LogP contribution in [0.5, 0.6) is 0 Å². The standard InChI is InChI=1S/C17H23N3O2/c18-14-2-1-3-20(16(14)22)10-15(21)19-17-7-11-4-12(8-17)6-13(5-11)9-17/h1-3,11-13H,4-10,18H2,(H,19,21). The fourth-order valence-electron chi connectivity index (χ4n) is 5.43. The van der Waals surface area contributed by atoms with Crippen molar-refractivity contribution in [3.8, 4) is 0 Å². The molecule has 1 aromatic rings. The molecule has 4 saturated carbocycles. The van der Waals surface area contributed by atoms with Gasteiger partial charge in [-0.3, -0.25) is 9.59 Å². The van der Waals surface area contributed by atoms with Gasteiger partial charge in [0.05, 0.1) is 5.69 Å². The first-order valence-corrected chi connectivity index (χ1v) is 8.29. The summed E-state index contributed by atoms with van der Waals surface area (Å²) in [6, 6.07) is 3.27. The van der Waals surface area contributed by atoms with Crippen LogP contribution in [0.4, 0.5) is 5.69 Å². The van der Waals surface area contributed by atoms with Crippen LogP contribution in [0.15, 0.2) is 23.1 Å². The molecule has 1 aromatic heterocycles. The van der Waals surface area contributed by atoms with Crippen molar-refractivity contribution in [1.82, 2.24) is 9.88 Å². The minimum Gasteiger partial charge on any atom is -0.394 e. The van der Waals surface area contributed by atoms with E-state index in [1.807, 2.05) is 0 Å². The summed E-state index contributed by atoms with van der Waals surface area (Å²) in [6.07, 6.45) is 9.04. The Bertz CT molecular complexity index is 629. The minimum atomic E-state index is -0.289. The summed E-state index contributed by atoms with van der Waals surface area (Å²) in [5.41, 5.74) is 5.51. The number of nitrogen functional groups attached to an aromatic ring is 1. The number of hydrogen-bond acceptors (Lipinski definition) is 3. The van der Waals surface area contributed by atoms with Crippen LogP contribution in [-0.2, 0) is 11.3 Å². The Labute approximate surface area is 129 Å². The average Bonchev–Trinajstić information content (AvgIpc) is 2.41. The van der Waals surface area contributed by atoms with E-state index in [9.17, 15) is 9.59 Å². The fraction of sp³-hybridized carbons (Fsp3) is 0.647. The lowest BCUT2D eigenvalue weighted by Crippen LogP contribution is -2.60. The summed E-state index contributed by atoms with van der Waals surface area (Å²) < 4.78 is 1.39. The van der Waals surface area contributed by atoms with Crippen molar-refractivity contribution in [3.63, 3.8) is 0 Å². The topological polar surface area (TPSA) is 77.1 Å². The zero-order chi connectivity index (χ0) is 15.3. The minimum absolute atomic E-state index is 0.00420. The third-order valence-electron chi connectivity index (χ3n) is 5.81. The van der Waals surface area contributed by atoms with Gasteiger partial charge in [0.2, 0.25) is 5.91 Å². The molecule has 5 heteroatoms. The summed E-state index contributed by atoms with van der Waals surface area (Å²) >= 11 is 0. The van der Waals surface area contributed by atoms with Gasteiger partial charge in [0, 0.05) is 11.7 Å². The number of nitrogens with two attached hydrogens (primary N) is 1. The van der Waals surface area contributed by atoms with Crippen LogP contribution < -0.4 is 16.6 Å². The smallest absolute Gasteiger partial charge is 0.274 e. The van der Waals surface area contributed by atoms with Gasteiger partial charge in [0.1, 0.15) is 6.54 Å². The molecule has 0 atom stereocenters. The van der Waals surface area contributed by atoms with Gasteiger partial charge in [-0.05, 0) is 68.4 Å². The summed E-state index contributed by atoms with van der Waals surface area (Å²) in [5.74, 6) is 2.32. The Kier molecular flexibility index (Phi) is 3.06. The van der Waals surface area contributed by atoms with Crippen molar-refractivity contribution in [1.29, 1.82) is 0 Å². The van der Waals surface area contributed by atoms with Crippen molar-refractivity contribution < 1.29 is 4.79 Å². The molecule has 4 aliphatic carbocycles. The molecule has 4 aliphatic rings. The maximum atomic E-state index is 12.4. The first-order chi connectivity index (χ1) is 10.5. The molecule has 1 heterocycles. The van der Waals surface area contributed by atoms with Gasteiger partial charge in [-0.25, -0.2) is 0 Å². The Hall–Kier alpha value is -1.78. The van der Waals surface area contributed by atoms with E-state index in [1.165, 1.54) is 23.8 Å². The summed E-state index contributed by atoms with van der Waals surface area (Å²) in [4.78, 5) is 24.4. The SMILES string of the molecule is Nc1cccn(CC(=O)NC23CC4CC(CC(C4)C2)C3)c1=O. The first-order valence-electron chi connectivity index (χ1n) is 8.29. The highest BCUT2D eigenvalue weighted by Crippen LogP contribution is 2.55. The van der Waals surface area contributed by atoms with Crippen LogP contribution in [0.3, 0.4) is 0 Å². The second-order valence-electron chi connectivity index (χ2n) is 7.64. The van der Waals surface area contributed by atoms with Crippen molar-refractivity contribution in [3.05, 3.63) is 28.7 Å². The molecule has 0 radical (unpaired) electrons. The zero-order valence-electron chi connectivity index (χ0n) is 12.8. The summed E-state index contributed by atoms with van der Waals surface area (Å²) in [6.45, 7) is 0.0611. The first kappa shape index (κ1) is 13.9. The molecule has 0 unspecified atom stereocenters. The average molecular weight is 301 g/mol. The second-order valence-corrected chi connectivity index (χ2v) is 7.64. The highest BCUT2D eigenvalue weighted by molar-refractivity contribution is 5.76. The lowest BCUT2D eigenvalue weighted by Gasteiger charge is -2.56. The van der Waals surface area contributed by atoms with Gasteiger partial charge in [0.25, 0.3) is 5.56 Å². The lowest BCUT2D eigenvalue weighted by molar-refractivity contribution is -0.127. The summed E-state index contributed by atoms with van der Waals surface area (Å²) in [5, 5.41) is 3.28. The molecule has 0 spiro atoms. The summed E-state index contributed by atoms with van der Waals surface area (Å²) in [7, 11) is 0. The Balaban J connectivity index is 1.48. The van der Waals surface area contributed by atoms with Crippen molar-refractivity contribution in [2.24, 2.45) is 17.8 Å². The van der Waals surface area contributed by atoms with Crippen LogP contribution in [0.2, 0.25) is 0 Å². The highest BCUT2D eigenvalue weighted by atomic mass is 16.2. The highest BCUT2D eigenvalue weighted by Gasteiger charge is 2.51. The maximum absolute atomic E-state index is 12.4. The number of hydrogen-bond donors (Lipinski definition) is 2. The molecule has 3 N–H and O–H groups in total. The van der Waals surface area contributed by atoms with E-state index in [1.54, 1.807) is 18.3 Å². The van der Waals surface area contributed by atoms with Gasteiger partial charge in [-0.1, -0.05) is 0 Å². The lowest BCUT2D eigenvalue weighted by atomic mass is 9.53. The molecular formula is C17H23N3O2. The number of nitrogens with zero attached hydrogens (tertiary/aromatic N) is 1. The molecule has 1 amide bonds. The molecule has 0 saturated heterocycles. The normalized spacial score (nSPS) is 35.5. The Morgan fingerprint density at radius 1 is 1.23 bits per heavy atom. The molecule has 4 fully saturated rings. The van der Waals surface area contributed by atoms with Gasteiger partial charge in [-0.15, -0.1) is 0 Å². The van der Waals surface area contributed by atoms with Crippen LogP contribution >= 0.6 is 0 Å². The number of pyridine rings is 1. The number of anilines is 1. The van der Waals surface area contributed by atoms with Gasteiger partial charge < -0.3 is 15.6 Å². The number of carbonyl (C=O) groups is 1. The number of amides is 1. The van der Waals surface area contributed by atoms with Crippen LogP contribution in [0, 0.1) is 17.8 Å². The van der Waals surface area contributed by atoms with Gasteiger partial charge in [-0.2, -0.15) is 0 Å². The van der Waals surface area contributed by atoms with E-state index in [-0.39, 0.29) is 29.2 Å². The van der Waals surface area contributed by atoms with Gasteiger partial charge >= 0.3 is 0 Å². The van der Waals surface area contributed by atoms with E-state index in [2.05, 4.69) is 5.32 Å². The van der Waals surface area contributed by atoms with E-state index in [0.29, 0.717) is 0 Å². The van der Waals surface area contributed by atoms with E-state index in [0.717, 1.165) is 37.0 Å². The molecule has 0 aliphatic heterocycles. The zero-order valence-corrected chi connectivity index (χ0v) is 12.8. The van der Waals surface area contributed by atoms with E-state index >= 15 is 0 Å². The Morgan fingerprint density at radius 2 is 1.82 bits per heavy atom. The molecule has 4 bridgehead atoms. The predicted molar refractivity (Wildman–Crippen MR) is 84.2 cm³/mol. The van der Waals surface area contributed by atoms with Crippen LogP contribution in [-0.4, -0.2) is 16.0 Å². The molecule has 5 rings (SSSR count). The molecule has 0 aromatic carbocycles. The van der Waals surface area contributed by atoms with Gasteiger partial charge in [0.15, 0.2) is 0 Å². The number of carbonyl (C=O) groups excluding carboxylic acids is 1. The van der Waals surface area contributed by atoms with Crippen molar-refractivity contribution in [2.75, 3.05) is 5.73 Å². The Morgan fingerprint density at radius 3 is 2.41 bits per heavy atom.